The van der Waals surface area contributed by atoms with Crippen LogP contribution in [0.15, 0.2) is 60.7 Å². The number of unbranched alkanes of at least 4 members (excludes halogenated alkanes) is 1. The van der Waals surface area contributed by atoms with Crippen molar-refractivity contribution >= 4 is 5.97 Å². The third-order valence-corrected chi connectivity index (χ3v) is 6.00. The molecule has 2 aromatic carbocycles. The van der Waals surface area contributed by atoms with Crippen molar-refractivity contribution in [3.63, 3.8) is 0 Å². The van der Waals surface area contributed by atoms with Crippen LogP contribution in [0.1, 0.15) is 64.0 Å². The molecule has 29 heavy (non-hydrogen) atoms. The van der Waals surface area contributed by atoms with Crippen LogP contribution in [0.25, 0.3) is 0 Å². The summed E-state index contributed by atoms with van der Waals surface area (Å²) in [5, 5.41) is 10.1. The van der Waals surface area contributed by atoms with E-state index in [1.807, 2.05) is 67.6 Å². The highest BCUT2D eigenvalue weighted by atomic mass is 16.5. The highest BCUT2D eigenvalue weighted by molar-refractivity contribution is 5.79. The van der Waals surface area contributed by atoms with Crippen molar-refractivity contribution in [3.05, 3.63) is 71.8 Å². The molecule has 0 N–H and O–H groups in total. The van der Waals surface area contributed by atoms with Gasteiger partial charge in [-0.05, 0) is 29.9 Å². The normalized spacial score (nSPS) is 13.3. The first-order chi connectivity index (χ1) is 14.1. The van der Waals surface area contributed by atoms with Crippen molar-refractivity contribution in [1.29, 1.82) is 5.26 Å². The lowest BCUT2D eigenvalue weighted by molar-refractivity contribution is -0.150. The molecule has 2 atom stereocenters. The van der Waals surface area contributed by atoms with Crippen LogP contribution >= 0.6 is 0 Å². The molecule has 0 saturated heterocycles. The summed E-state index contributed by atoms with van der Waals surface area (Å²) in [6.45, 7) is 6.71. The van der Waals surface area contributed by atoms with Crippen molar-refractivity contribution in [2.24, 2.45) is 11.8 Å². The number of hydrogen-bond acceptors (Lipinski definition) is 3. The number of nitrogens with zero attached hydrogens (tertiary/aromatic N) is 1. The molecule has 0 aliphatic rings. The van der Waals surface area contributed by atoms with Gasteiger partial charge in [-0.2, -0.15) is 5.26 Å². The molecular weight excluding hydrogens is 358 g/mol. The maximum atomic E-state index is 13.2. The summed E-state index contributed by atoms with van der Waals surface area (Å²) in [7, 11) is 0. The fourth-order valence-corrected chi connectivity index (χ4v) is 4.13. The second-order valence-corrected chi connectivity index (χ2v) is 7.67. The molecule has 3 nitrogen and oxygen atoms in total. The van der Waals surface area contributed by atoms with Gasteiger partial charge in [-0.15, -0.1) is 0 Å². The lowest BCUT2D eigenvalue weighted by Gasteiger charge is -2.37. The van der Waals surface area contributed by atoms with Crippen LogP contribution in [0.5, 0.6) is 0 Å². The van der Waals surface area contributed by atoms with Gasteiger partial charge in [0, 0.05) is 5.41 Å². The number of carbonyl (C=O) groups excluding carboxylic acids is 1. The summed E-state index contributed by atoms with van der Waals surface area (Å²) in [5.74, 6) is -0.972. The lowest BCUT2D eigenvalue weighted by atomic mass is 9.64. The van der Waals surface area contributed by atoms with Gasteiger partial charge in [0.25, 0.3) is 0 Å². The second kappa shape index (κ2) is 11.4. The maximum absolute atomic E-state index is 13.2. The van der Waals surface area contributed by atoms with Crippen molar-refractivity contribution in [2.45, 2.75) is 58.3 Å². The minimum Gasteiger partial charge on any atom is -0.464 e. The second-order valence-electron chi connectivity index (χ2n) is 7.67. The molecule has 0 aliphatic carbocycles. The van der Waals surface area contributed by atoms with Gasteiger partial charge >= 0.3 is 5.97 Å². The fraction of sp³-hybridized carbons (Fsp3) is 0.462. The lowest BCUT2D eigenvalue weighted by Crippen LogP contribution is -2.41. The zero-order valence-corrected chi connectivity index (χ0v) is 17.9. The molecule has 0 heterocycles. The molecule has 0 saturated carbocycles. The number of hydrogen-bond donors (Lipinski definition) is 0. The molecule has 0 spiro atoms. The molecule has 0 amide bonds. The Morgan fingerprint density at radius 1 is 1.00 bits per heavy atom. The van der Waals surface area contributed by atoms with Crippen LogP contribution in [0, 0.1) is 23.2 Å². The van der Waals surface area contributed by atoms with Crippen LogP contribution in [0.2, 0.25) is 0 Å². The Morgan fingerprint density at radius 2 is 1.55 bits per heavy atom. The molecule has 0 aromatic heterocycles. The van der Waals surface area contributed by atoms with Crippen LogP contribution in [-0.4, -0.2) is 12.6 Å². The molecule has 0 bridgehead atoms. The van der Waals surface area contributed by atoms with Gasteiger partial charge in [0.1, 0.15) is 0 Å². The predicted molar refractivity (Wildman–Crippen MR) is 117 cm³/mol. The topological polar surface area (TPSA) is 50.1 Å². The van der Waals surface area contributed by atoms with Crippen molar-refractivity contribution in [3.8, 4) is 6.07 Å². The summed E-state index contributed by atoms with van der Waals surface area (Å²) in [5.41, 5.74) is 1.20. The highest BCUT2D eigenvalue weighted by Crippen LogP contribution is 2.43. The van der Waals surface area contributed by atoms with Gasteiger partial charge in [0.05, 0.1) is 12.7 Å². The maximum Gasteiger partial charge on any atom is 0.324 e. The molecular formula is C26H33NO2. The van der Waals surface area contributed by atoms with Crippen molar-refractivity contribution in [1.82, 2.24) is 0 Å². The van der Waals surface area contributed by atoms with Gasteiger partial charge in [-0.25, -0.2) is 0 Å². The van der Waals surface area contributed by atoms with E-state index in [-0.39, 0.29) is 0 Å². The zero-order valence-electron chi connectivity index (χ0n) is 17.9. The Hall–Kier alpha value is -2.60. The standard InChI is InChI=1S/C26H33NO2/c1-4-7-14-21(5-2)20-29-25(28)24(19-27)26(6-3,22-15-10-8-11-16-22)23-17-12-9-13-18-23/h8-13,15-18,21,24H,4-7,14,20H2,1-3H3. The van der Waals surface area contributed by atoms with E-state index in [4.69, 9.17) is 4.74 Å². The monoisotopic (exact) mass is 391 g/mol. The molecule has 0 aliphatic heterocycles. The SMILES string of the molecule is CCCCC(CC)COC(=O)C(C#N)C(CC)(c1ccccc1)c1ccccc1. The van der Waals surface area contributed by atoms with E-state index < -0.39 is 17.3 Å². The average molecular weight is 392 g/mol. The number of ether oxygens (including phenoxy) is 1. The van der Waals surface area contributed by atoms with Crippen molar-refractivity contribution < 1.29 is 9.53 Å². The van der Waals surface area contributed by atoms with Crippen LogP contribution in [0.4, 0.5) is 0 Å². The zero-order chi connectivity index (χ0) is 21.1. The van der Waals surface area contributed by atoms with E-state index in [1.165, 1.54) is 0 Å². The van der Waals surface area contributed by atoms with Gasteiger partial charge < -0.3 is 4.74 Å². The number of rotatable bonds is 11. The third kappa shape index (κ3) is 5.26. The van der Waals surface area contributed by atoms with E-state index in [2.05, 4.69) is 19.9 Å². The Labute approximate surface area is 175 Å². The van der Waals surface area contributed by atoms with Crippen LogP contribution in [-0.2, 0) is 14.9 Å². The molecule has 3 heteroatoms. The number of carbonyl (C=O) groups is 1. The summed E-state index contributed by atoms with van der Waals surface area (Å²) < 4.78 is 5.73. The Balaban J connectivity index is 2.38. The van der Waals surface area contributed by atoms with E-state index in [9.17, 15) is 10.1 Å². The van der Waals surface area contributed by atoms with Gasteiger partial charge in [0.2, 0.25) is 0 Å². The number of nitriles is 1. The Bertz CT molecular complexity index is 740. The number of esters is 1. The van der Waals surface area contributed by atoms with Gasteiger partial charge in [-0.3, -0.25) is 4.79 Å². The summed E-state index contributed by atoms with van der Waals surface area (Å²) >= 11 is 0. The first-order valence-electron chi connectivity index (χ1n) is 10.8. The number of benzene rings is 2. The van der Waals surface area contributed by atoms with Gasteiger partial charge in [0.15, 0.2) is 5.92 Å². The molecule has 0 fully saturated rings. The van der Waals surface area contributed by atoms with E-state index in [0.29, 0.717) is 18.9 Å². The van der Waals surface area contributed by atoms with Crippen molar-refractivity contribution in [2.75, 3.05) is 6.61 Å². The fourth-order valence-electron chi connectivity index (χ4n) is 4.13. The predicted octanol–water partition coefficient (Wildman–Crippen LogP) is 6.28. The molecule has 154 valence electrons. The largest absolute Gasteiger partial charge is 0.464 e. The Kier molecular flexibility index (Phi) is 8.93. The summed E-state index contributed by atoms with van der Waals surface area (Å²) in [6, 6.07) is 22.1. The van der Waals surface area contributed by atoms with Crippen LogP contribution in [0.3, 0.4) is 0 Å². The average Bonchev–Trinajstić information content (AvgIpc) is 2.78. The first-order valence-corrected chi connectivity index (χ1v) is 10.8. The third-order valence-electron chi connectivity index (χ3n) is 6.00. The highest BCUT2D eigenvalue weighted by Gasteiger charge is 2.46. The van der Waals surface area contributed by atoms with E-state index in [0.717, 1.165) is 36.8 Å². The quantitative estimate of drug-likeness (QED) is 0.423. The molecule has 2 aromatic rings. The van der Waals surface area contributed by atoms with Crippen LogP contribution < -0.4 is 0 Å². The Morgan fingerprint density at radius 3 is 1.97 bits per heavy atom. The van der Waals surface area contributed by atoms with E-state index in [1.54, 1.807) is 0 Å². The molecule has 0 radical (unpaired) electrons. The summed E-state index contributed by atoms with van der Waals surface area (Å²) in [6.07, 6.45) is 4.91. The minimum atomic E-state index is -0.902. The first kappa shape index (κ1) is 22.7. The molecule has 2 rings (SSSR count). The van der Waals surface area contributed by atoms with E-state index >= 15 is 0 Å². The minimum absolute atomic E-state index is 0.350. The smallest absolute Gasteiger partial charge is 0.324 e. The summed E-state index contributed by atoms with van der Waals surface area (Å²) in [4.78, 5) is 13.2. The van der Waals surface area contributed by atoms with Gasteiger partial charge in [-0.1, -0.05) is 101 Å². The molecule has 2 unspecified atom stereocenters.